The second-order valence-electron chi connectivity index (χ2n) is 16.4. The number of amides is 2. The summed E-state index contributed by atoms with van der Waals surface area (Å²) in [6.45, 7) is 22.5. The topological polar surface area (TPSA) is 110 Å². The molecule has 6 rings (SSSR count). The lowest BCUT2D eigenvalue weighted by Gasteiger charge is -2.28. The minimum absolute atomic E-state index is 0.00460. The monoisotopic (exact) mass is 776 g/mol. The number of halogens is 2. The van der Waals surface area contributed by atoms with Gasteiger partial charge in [-0.15, -0.1) is 0 Å². The Kier molecular flexibility index (Phi) is 14.4. The summed E-state index contributed by atoms with van der Waals surface area (Å²) < 4.78 is 21.2. The summed E-state index contributed by atoms with van der Waals surface area (Å²) in [4.78, 5) is 41.2. The van der Waals surface area contributed by atoms with Crippen LogP contribution in [0.4, 0.5) is 9.59 Å². The second-order valence-corrected chi connectivity index (χ2v) is 17.2. The maximum Gasteiger partial charge on any atom is 0.410 e. The molecule has 0 aliphatic carbocycles. The number of rotatable bonds is 5. The van der Waals surface area contributed by atoms with Crippen molar-refractivity contribution in [1.82, 2.24) is 20.0 Å². The van der Waals surface area contributed by atoms with Gasteiger partial charge in [0.2, 0.25) is 0 Å². The SMILES string of the molecule is CC(C)(C)OC(=O)N1CC2CNCC2C1.COc1cc(C(C)=O)ccc1Cl.COc1cc(C(C)N2CC3CN(C(=O)OC(C)(C)C)CC3C2)ccc1Cl. The van der Waals surface area contributed by atoms with Crippen molar-refractivity contribution in [2.45, 2.75) is 72.6 Å². The van der Waals surface area contributed by atoms with E-state index in [1.54, 1.807) is 25.3 Å². The number of Topliss-reactive ketones (excluding diaryl/α,β-unsaturated/α-hetero) is 1. The molecule has 53 heavy (non-hydrogen) atoms. The van der Waals surface area contributed by atoms with Crippen LogP contribution in [0.1, 0.15) is 77.4 Å². The van der Waals surface area contributed by atoms with E-state index in [4.69, 9.17) is 42.1 Å². The smallest absolute Gasteiger partial charge is 0.410 e. The Labute approximate surface area is 325 Å². The quantitative estimate of drug-likeness (QED) is 0.304. The number of ether oxygens (including phenoxy) is 4. The zero-order chi connectivity index (χ0) is 39.2. The van der Waals surface area contributed by atoms with E-state index in [0.29, 0.717) is 56.8 Å². The van der Waals surface area contributed by atoms with Gasteiger partial charge < -0.3 is 34.1 Å². The van der Waals surface area contributed by atoms with Gasteiger partial charge in [0.1, 0.15) is 22.7 Å². The minimum Gasteiger partial charge on any atom is -0.495 e. The first-order valence-corrected chi connectivity index (χ1v) is 19.1. The summed E-state index contributed by atoms with van der Waals surface area (Å²) in [5.41, 5.74) is 0.988. The highest BCUT2D eigenvalue weighted by molar-refractivity contribution is 6.32. The van der Waals surface area contributed by atoms with E-state index in [1.165, 1.54) is 19.6 Å². The van der Waals surface area contributed by atoms with E-state index >= 15 is 0 Å². The van der Waals surface area contributed by atoms with E-state index in [1.807, 2.05) is 63.5 Å². The highest BCUT2D eigenvalue weighted by Crippen LogP contribution is 2.38. The van der Waals surface area contributed by atoms with Crippen LogP contribution in [0.5, 0.6) is 11.5 Å². The number of hydrogen-bond acceptors (Lipinski definition) is 9. The molecule has 13 heteroatoms. The lowest BCUT2D eigenvalue weighted by Crippen LogP contribution is -2.37. The molecule has 294 valence electrons. The number of carbonyl (C=O) groups excluding carboxylic acids is 3. The molecule has 4 heterocycles. The third-order valence-electron chi connectivity index (χ3n) is 9.97. The maximum absolute atomic E-state index is 12.3. The molecule has 4 aliphatic heterocycles. The van der Waals surface area contributed by atoms with Crippen molar-refractivity contribution in [1.29, 1.82) is 0 Å². The molecule has 5 atom stereocenters. The molecule has 2 aromatic rings. The van der Waals surface area contributed by atoms with Gasteiger partial charge in [-0.3, -0.25) is 9.69 Å². The molecular formula is C40H58Cl2N4O7. The maximum atomic E-state index is 12.3. The molecule has 0 saturated carbocycles. The number of carbonyl (C=O) groups is 3. The number of ketones is 1. The minimum atomic E-state index is -0.441. The molecule has 0 bridgehead atoms. The molecule has 5 unspecified atom stereocenters. The third-order valence-corrected chi connectivity index (χ3v) is 10.6. The first-order chi connectivity index (χ1) is 24.8. The van der Waals surface area contributed by atoms with Gasteiger partial charge in [-0.2, -0.15) is 0 Å². The van der Waals surface area contributed by atoms with Crippen LogP contribution in [0.25, 0.3) is 0 Å². The van der Waals surface area contributed by atoms with E-state index in [2.05, 4.69) is 23.2 Å². The van der Waals surface area contributed by atoms with E-state index < -0.39 is 5.60 Å². The van der Waals surface area contributed by atoms with Crippen LogP contribution >= 0.6 is 23.2 Å². The summed E-state index contributed by atoms with van der Waals surface area (Å²) in [5, 5.41) is 4.50. The Morgan fingerprint density at radius 1 is 0.698 bits per heavy atom. The second kappa shape index (κ2) is 17.9. The van der Waals surface area contributed by atoms with Gasteiger partial charge in [0.15, 0.2) is 5.78 Å². The molecule has 2 amide bonds. The first-order valence-electron chi connectivity index (χ1n) is 18.4. The summed E-state index contributed by atoms with van der Waals surface area (Å²) >= 11 is 11.9. The number of hydrogen-bond donors (Lipinski definition) is 1. The molecule has 0 aromatic heterocycles. The van der Waals surface area contributed by atoms with Gasteiger partial charge in [-0.25, -0.2) is 9.59 Å². The van der Waals surface area contributed by atoms with Gasteiger partial charge in [-0.05, 0) is 115 Å². The van der Waals surface area contributed by atoms with Gasteiger partial charge >= 0.3 is 12.2 Å². The largest absolute Gasteiger partial charge is 0.495 e. The summed E-state index contributed by atoms with van der Waals surface area (Å²) in [6, 6.07) is 11.2. The predicted octanol–water partition coefficient (Wildman–Crippen LogP) is 7.83. The Morgan fingerprint density at radius 2 is 1.13 bits per heavy atom. The van der Waals surface area contributed by atoms with Crippen LogP contribution in [-0.4, -0.2) is 110 Å². The average Bonchev–Trinajstić information content (AvgIpc) is 3.85. The van der Waals surface area contributed by atoms with E-state index in [-0.39, 0.29) is 23.6 Å². The summed E-state index contributed by atoms with van der Waals surface area (Å²) in [6.07, 6.45) is -0.342. The normalized spacial score (nSPS) is 22.8. The lowest BCUT2D eigenvalue weighted by molar-refractivity contribution is 0.0265. The predicted molar refractivity (Wildman–Crippen MR) is 208 cm³/mol. The lowest BCUT2D eigenvalue weighted by atomic mass is 10.0. The van der Waals surface area contributed by atoms with Crippen LogP contribution in [0.3, 0.4) is 0 Å². The zero-order valence-corrected chi connectivity index (χ0v) is 34.5. The first kappa shape index (κ1) is 42.5. The fourth-order valence-corrected chi connectivity index (χ4v) is 7.57. The molecule has 4 fully saturated rings. The fourth-order valence-electron chi connectivity index (χ4n) is 7.18. The van der Waals surface area contributed by atoms with Crippen LogP contribution in [0.2, 0.25) is 10.0 Å². The highest BCUT2D eigenvalue weighted by atomic mass is 35.5. The van der Waals surface area contributed by atoms with Crippen molar-refractivity contribution >= 4 is 41.2 Å². The van der Waals surface area contributed by atoms with Crippen molar-refractivity contribution in [2.75, 3.05) is 66.6 Å². The Hall–Kier alpha value is -3.25. The summed E-state index contributed by atoms with van der Waals surface area (Å²) in [7, 11) is 3.16. The van der Waals surface area contributed by atoms with Crippen molar-refractivity contribution in [3.05, 3.63) is 57.6 Å². The molecule has 0 radical (unpaired) electrons. The Balaban J connectivity index is 0.000000196. The Bertz CT molecular complexity index is 1570. The number of methoxy groups -OCH3 is 2. The molecule has 0 spiro atoms. The molecule has 4 aliphatic rings. The van der Waals surface area contributed by atoms with Crippen LogP contribution in [0.15, 0.2) is 36.4 Å². The molecule has 1 N–H and O–H groups in total. The van der Waals surface area contributed by atoms with Crippen molar-refractivity contribution < 1.29 is 33.3 Å². The fraction of sp³-hybridized carbons (Fsp3) is 0.625. The average molecular weight is 778 g/mol. The van der Waals surface area contributed by atoms with E-state index in [0.717, 1.165) is 52.4 Å². The van der Waals surface area contributed by atoms with Crippen molar-refractivity contribution in [3.63, 3.8) is 0 Å². The molecule has 11 nitrogen and oxygen atoms in total. The van der Waals surface area contributed by atoms with Crippen molar-refractivity contribution in [3.8, 4) is 11.5 Å². The van der Waals surface area contributed by atoms with Crippen LogP contribution in [-0.2, 0) is 9.47 Å². The number of likely N-dealkylation sites (tertiary alicyclic amines) is 3. The van der Waals surface area contributed by atoms with Crippen LogP contribution < -0.4 is 14.8 Å². The van der Waals surface area contributed by atoms with Gasteiger partial charge in [0.05, 0.1) is 24.3 Å². The zero-order valence-electron chi connectivity index (χ0n) is 33.0. The molecule has 2 aromatic carbocycles. The number of nitrogens with one attached hydrogen (secondary N) is 1. The molecule has 4 saturated heterocycles. The van der Waals surface area contributed by atoms with Crippen LogP contribution in [0, 0.1) is 23.7 Å². The van der Waals surface area contributed by atoms with Crippen molar-refractivity contribution in [2.24, 2.45) is 23.7 Å². The van der Waals surface area contributed by atoms with E-state index in [9.17, 15) is 14.4 Å². The van der Waals surface area contributed by atoms with Gasteiger partial charge in [0.25, 0.3) is 0 Å². The highest BCUT2D eigenvalue weighted by Gasteiger charge is 2.44. The standard InChI is InChI=1S/C20H29ClN2O3.C11H20N2O2.C9H9ClO2/c1-13(14-6-7-17(21)18(8-14)25-5)22-9-15-11-23(12-16(15)10-22)19(24)26-20(2,3)4;1-11(2,3)15-10(14)13-6-8-4-12-5-9(8)7-13;1-6(11)7-3-4-8(10)9(5-7)12-2/h6-8,13,15-16H,9-12H2,1-5H3;8-9,12H,4-7H2,1-3H3;3-5H,1-2H3. The number of nitrogens with zero attached hydrogens (tertiary/aromatic N) is 3. The molecular weight excluding hydrogens is 719 g/mol. The number of fused-ring (bicyclic) bond motifs is 2. The summed E-state index contributed by atoms with van der Waals surface area (Å²) in [5.74, 6) is 3.55. The Morgan fingerprint density at radius 3 is 1.57 bits per heavy atom. The number of benzene rings is 2. The van der Waals surface area contributed by atoms with Gasteiger partial charge in [-0.1, -0.05) is 29.3 Å². The van der Waals surface area contributed by atoms with Gasteiger partial charge in [0, 0.05) is 64.0 Å². The third kappa shape index (κ3) is 11.9.